The van der Waals surface area contributed by atoms with Crippen LogP contribution in [0, 0.1) is 5.92 Å². The molecular weight excluding hydrogens is 188 g/mol. The molecule has 1 saturated heterocycles. The van der Waals surface area contributed by atoms with Crippen molar-refractivity contribution in [1.29, 1.82) is 0 Å². The van der Waals surface area contributed by atoms with Gasteiger partial charge < -0.3 is 14.9 Å². The predicted molar refractivity (Wildman–Crippen MR) is 46.9 cm³/mol. The number of carboxylic acids is 2. The first-order chi connectivity index (χ1) is 6.52. The number of rotatable bonds is 3. The molecule has 0 unspecified atom stereocenters. The summed E-state index contributed by atoms with van der Waals surface area (Å²) in [7, 11) is 0. The van der Waals surface area contributed by atoms with E-state index in [2.05, 4.69) is 0 Å². The smallest absolute Gasteiger partial charge is 0.320 e. The van der Waals surface area contributed by atoms with E-state index in [-0.39, 0.29) is 6.10 Å². The summed E-state index contributed by atoms with van der Waals surface area (Å²) in [5.74, 6) is -4.08. The summed E-state index contributed by atoms with van der Waals surface area (Å²) in [6, 6.07) is 0. The van der Waals surface area contributed by atoms with Gasteiger partial charge in [0.1, 0.15) is 0 Å². The summed E-state index contributed by atoms with van der Waals surface area (Å²) in [5.41, 5.74) is 0. The van der Waals surface area contributed by atoms with Crippen molar-refractivity contribution in [3.8, 4) is 0 Å². The summed E-state index contributed by atoms with van der Waals surface area (Å²) in [5, 5.41) is 17.4. The SMILES string of the molecule is C[C@H]1CCC[C@@H](C(C(=O)O)C(=O)O)O1. The van der Waals surface area contributed by atoms with Crippen LogP contribution in [0.4, 0.5) is 0 Å². The summed E-state index contributed by atoms with van der Waals surface area (Å²) >= 11 is 0. The Morgan fingerprint density at radius 2 is 1.86 bits per heavy atom. The van der Waals surface area contributed by atoms with Gasteiger partial charge in [0.25, 0.3) is 0 Å². The van der Waals surface area contributed by atoms with E-state index in [0.717, 1.165) is 12.8 Å². The summed E-state index contributed by atoms with van der Waals surface area (Å²) in [6.07, 6.45) is 1.46. The molecule has 5 heteroatoms. The molecule has 1 aliphatic rings. The summed E-state index contributed by atoms with van der Waals surface area (Å²) in [6.45, 7) is 1.83. The maximum absolute atomic E-state index is 10.7. The van der Waals surface area contributed by atoms with E-state index in [1.165, 1.54) is 0 Å². The highest BCUT2D eigenvalue weighted by Gasteiger charge is 2.37. The zero-order chi connectivity index (χ0) is 10.7. The van der Waals surface area contributed by atoms with Crippen molar-refractivity contribution in [2.24, 2.45) is 5.92 Å². The Morgan fingerprint density at radius 1 is 1.29 bits per heavy atom. The molecule has 2 N–H and O–H groups in total. The van der Waals surface area contributed by atoms with E-state index in [9.17, 15) is 9.59 Å². The number of carbonyl (C=O) groups is 2. The van der Waals surface area contributed by atoms with Gasteiger partial charge in [-0.15, -0.1) is 0 Å². The van der Waals surface area contributed by atoms with E-state index in [4.69, 9.17) is 14.9 Å². The molecule has 1 heterocycles. The molecule has 0 aliphatic carbocycles. The molecule has 1 fully saturated rings. The number of carboxylic acid groups (broad SMARTS) is 2. The average molecular weight is 202 g/mol. The van der Waals surface area contributed by atoms with Crippen LogP contribution in [0.1, 0.15) is 26.2 Å². The molecule has 0 aromatic rings. The molecule has 80 valence electrons. The molecule has 0 aromatic heterocycles. The monoisotopic (exact) mass is 202 g/mol. The Labute approximate surface area is 81.7 Å². The minimum absolute atomic E-state index is 0.0463. The summed E-state index contributed by atoms with van der Waals surface area (Å²) < 4.78 is 5.31. The molecule has 0 amide bonds. The van der Waals surface area contributed by atoms with Crippen molar-refractivity contribution in [2.45, 2.75) is 38.4 Å². The van der Waals surface area contributed by atoms with Gasteiger partial charge in [0.2, 0.25) is 0 Å². The van der Waals surface area contributed by atoms with Crippen molar-refractivity contribution in [2.75, 3.05) is 0 Å². The van der Waals surface area contributed by atoms with E-state index in [0.29, 0.717) is 6.42 Å². The minimum atomic E-state index is -1.43. The standard InChI is InChI=1S/C9H14O5/c1-5-3-2-4-6(14-5)7(8(10)11)9(12)13/h5-7H,2-4H2,1H3,(H,10,11)(H,12,13)/t5-,6-/m0/s1. The number of ether oxygens (including phenoxy) is 1. The van der Waals surface area contributed by atoms with Crippen LogP contribution in [0.2, 0.25) is 0 Å². The van der Waals surface area contributed by atoms with Crippen LogP contribution in [0.25, 0.3) is 0 Å². The highest BCUT2D eigenvalue weighted by Crippen LogP contribution is 2.24. The van der Waals surface area contributed by atoms with Gasteiger partial charge in [0, 0.05) is 0 Å². The Hall–Kier alpha value is -1.10. The second-order valence-corrected chi connectivity index (χ2v) is 3.57. The average Bonchev–Trinajstić information content (AvgIpc) is 2.02. The lowest BCUT2D eigenvalue weighted by molar-refractivity contribution is -0.167. The summed E-state index contributed by atoms with van der Waals surface area (Å²) in [4.78, 5) is 21.4. The largest absolute Gasteiger partial charge is 0.481 e. The van der Waals surface area contributed by atoms with Crippen LogP contribution in [0.3, 0.4) is 0 Å². The van der Waals surface area contributed by atoms with Crippen molar-refractivity contribution in [3.05, 3.63) is 0 Å². The molecular formula is C9H14O5. The lowest BCUT2D eigenvalue weighted by Crippen LogP contribution is -2.40. The van der Waals surface area contributed by atoms with Gasteiger partial charge in [0.15, 0.2) is 5.92 Å². The van der Waals surface area contributed by atoms with Crippen LogP contribution in [-0.2, 0) is 14.3 Å². The fourth-order valence-corrected chi connectivity index (χ4v) is 1.71. The maximum Gasteiger partial charge on any atom is 0.320 e. The van der Waals surface area contributed by atoms with Gasteiger partial charge in [-0.1, -0.05) is 0 Å². The minimum Gasteiger partial charge on any atom is -0.481 e. The molecule has 1 aliphatic heterocycles. The molecule has 0 radical (unpaired) electrons. The van der Waals surface area contributed by atoms with Gasteiger partial charge >= 0.3 is 11.9 Å². The molecule has 2 atom stereocenters. The van der Waals surface area contributed by atoms with Gasteiger partial charge in [-0.25, -0.2) is 0 Å². The first kappa shape index (κ1) is 11.0. The maximum atomic E-state index is 10.7. The van der Waals surface area contributed by atoms with Gasteiger partial charge in [-0.05, 0) is 26.2 Å². The Balaban J connectivity index is 2.67. The Morgan fingerprint density at radius 3 is 2.29 bits per heavy atom. The molecule has 14 heavy (non-hydrogen) atoms. The number of aliphatic carboxylic acids is 2. The molecule has 0 saturated carbocycles. The van der Waals surface area contributed by atoms with Crippen LogP contribution in [0.15, 0.2) is 0 Å². The van der Waals surface area contributed by atoms with E-state index in [1.54, 1.807) is 0 Å². The first-order valence-corrected chi connectivity index (χ1v) is 4.63. The third kappa shape index (κ3) is 2.45. The van der Waals surface area contributed by atoms with Crippen molar-refractivity contribution in [1.82, 2.24) is 0 Å². The Bertz CT molecular complexity index is 223. The number of hydrogen-bond acceptors (Lipinski definition) is 3. The quantitative estimate of drug-likeness (QED) is 0.659. The van der Waals surface area contributed by atoms with Gasteiger partial charge in [-0.3, -0.25) is 9.59 Å². The van der Waals surface area contributed by atoms with E-state index < -0.39 is 24.0 Å². The van der Waals surface area contributed by atoms with Crippen LogP contribution in [-0.4, -0.2) is 34.4 Å². The Kier molecular flexibility index (Phi) is 3.46. The van der Waals surface area contributed by atoms with Crippen LogP contribution in [0.5, 0.6) is 0 Å². The zero-order valence-electron chi connectivity index (χ0n) is 7.97. The normalized spacial score (nSPS) is 27.6. The van der Waals surface area contributed by atoms with Crippen molar-refractivity contribution in [3.63, 3.8) is 0 Å². The molecule has 0 bridgehead atoms. The lowest BCUT2D eigenvalue weighted by Gasteiger charge is -2.29. The zero-order valence-corrected chi connectivity index (χ0v) is 7.97. The van der Waals surface area contributed by atoms with Gasteiger partial charge in [-0.2, -0.15) is 0 Å². The number of hydrogen-bond donors (Lipinski definition) is 2. The topological polar surface area (TPSA) is 83.8 Å². The third-order valence-corrected chi connectivity index (χ3v) is 2.41. The lowest BCUT2D eigenvalue weighted by atomic mass is 9.94. The fourth-order valence-electron chi connectivity index (χ4n) is 1.71. The highest BCUT2D eigenvalue weighted by atomic mass is 16.5. The van der Waals surface area contributed by atoms with Crippen LogP contribution >= 0.6 is 0 Å². The highest BCUT2D eigenvalue weighted by molar-refractivity contribution is 5.93. The second-order valence-electron chi connectivity index (χ2n) is 3.57. The van der Waals surface area contributed by atoms with Crippen molar-refractivity contribution >= 4 is 11.9 Å². The van der Waals surface area contributed by atoms with E-state index in [1.807, 2.05) is 6.92 Å². The molecule has 1 rings (SSSR count). The fraction of sp³-hybridized carbons (Fsp3) is 0.778. The first-order valence-electron chi connectivity index (χ1n) is 4.63. The predicted octanol–water partition coefficient (Wildman–Crippen LogP) is 0.729. The molecule has 0 spiro atoms. The second kappa shape index (κ2) is 4.41. The molecule has 0 aromatic carbocycles. The van der Waals surface area contributed by atoms with Crippen molar-refractivity contribution < 1.29 is 24.5 Å². The van der Waals surface area contributed by atoms with Crippen LogP contribution < -0.4 is 0 Å². The molecule has 5 nitrogen and oxygen atoms in total. The van der Waals surface area contributed by atoms with Gasteiger partial charge in [0.05, 0.1) is 12.2 Å². The van der Waals surface area contributed by atoms with E-state index >= 15 is 0 Å². The third-order valence-electron chi connectivity index (χ3n) is 2.41.